The quantitative estimate of drug-likeness (QED) is 0.820. The molecule has 1 heterocycles. The third kappa shape index (κ3) is 3.77. The molecule has 1 saturated heterocycles. The third-order valence-corrected chi connectivity index (χ3v) is 4.65. The van der Waals surface area contributed by atoms with Gasteiger partial charge in [0.05, 0.1) is 12.6 Å². The molecule has 2 aliphatic rings. The molecule has 0 bridgehead atoms. The van der Waals surface area contributed by atoms with Crippen molar-refractivity contribution in [3.8, 4) is 5.75 Å². The van der Waals surface area contributed by atoms with E-state index in [1.54, 1.807) is 12.1 Å². The van der Waals surface area contributed by atoms with Crippen molar-refractivity contribution in [2.24, 2.45) is 5.92 Å². The van der Waals surface area contributed by atoms with E-state index >= 15 is 0 Å². The van der Waals surface area contributed by atoms with Crippen molar-refractivity contribution in [2.45, 2.75) is 44.2 Å². The first-order valence-electron chi connectivity index (χ1n) is 8.14. The lowest BCUT2D eigenvalue weighted by Crippen LogP contribution is -2.44. The van der Waals surface area contributed by atoms with Crippen molar-refractivity contribution in [3.63, 3.8) is 0 Å². The van der Waals surface area contributed by atoms with Gasteiger partial charge in [0.2, 0.25) is 5.91 Å². The van der Waals surface area contributed by atoms with E-state index in [9.17, 15) is 9.18 Å². The third-order valence-electron chi connectivity index (χ3n) is 4.65. The number of carbonyl (C=O) groups is 1. The number of hydrogen-bond donors (Lipinski definition) is 2. The number of amides is 1. The van der Waals surface area contributed by atoms with Gasteiger partial charge in [0, 0.05) is 12.1 Å². The van der Waals surface area contributed by atoms with Gasteiger partial charge in [0.15, 0.2) is 0 Å². The molecule has 2 N–H and O–H groups in total. The number of halogens is 1. The maximum absolute atomic E-state index is 13.0. The van der Waals surface area contributed by atoms with Crippen LogP contribution in [0.4, 0.5) is 4.39 Å². The first-order valence-corrected chi connectivity index (χ1v) is 8.14. The minimum atomic E-state index is -0.320. The van der Waals surface area contributed by atoms with Crippen molar-refractivity contribution in [2.75, 3.05) is 13.2 Å². The standard InChI is InChI=1S/C17H23FN2O2/c18-13-5-3-6-14(11-13)22-9-8-19-17(21)16-10-12-4-1-2-7-15(12)20-16/h3,5-6,11-12,15-16,20H,1-2,4,7-10H2,(H,19,21). The summed E-state index contributed by atoms with van der Waals surface area (Å²) in [6.45, 7) is 0.775. The van der Waals surface area contributed by atoms with E-state index in [2.05, 4.69) is 10.6 Å². The largest absolute Gasteiger partial charge is 0.492 e. The van der Waals surface area contributed by atoms with Gasteiger partial charge < -0.3 is 15.4 Å². The number of nitrogens with one attached hydrogen (secondary N) is 2. The number of rotatable bonds is 5. The molecule has 3 atom stereocenters. The van der Waals surface area contributed by atoms with E-state index in [0.717, 1.165) is 6.42 Å². The fourth-order valence-corrected chi connectivity index (χ4v) is 3.54. The molecule has 1 aliphatic heterocycles. The number of carbonyl (C=O) groups excluding carboxylic acids is 1. The van der Waals surface area contributed by atoms with E-state index in [1.165, 1.54) is 37.8 Å². The molecule has 4 nitrogen and oxygen atoms in total. The Kier molecular flexibility index (Phi) is 4.93. The molecule has 1 aromatic carbocycles. The van der Waals surface area contributed by atoms with Crippen LogP contribution < -0.4 is 15.4 Å². The highest BCUT2D eigenvalue weighted by Gasteiger charge is 2.37. The summed E-state index contributed by atoms with van der Waals surface area (Å²) in [7, 11) is 0. The van der Waals surface area contributed by atoms with Crippen LogP contribution in [0.2, 0.25) is 0 Å². The van der Waals surface area contributed by atoms with Gasteiger partial charge in [0.1, 0.15) is 18.2 Å². The summed E-state index contributed by atoms with van der Waals surface area (Å²) >= 11 is 0. The number of benzene rings is 1. The van der Waals surface area contributed by atoms with Crippen LogP contribution in [0.15, 0.2) is 24.3 Å². The molecular formula is C17H23FN2O2. The molecule has 2 fully saturated rings. The number of fused-ring (bicyclic) bond motifs is 1. The zero-order valence-electron chi connectivity index (χ0n) is 12.7. The van der Waals surface area contributed by atoms with Gasteiger partial charge in [-0.3, -0.25) is 4.79 Å². The highest BCUT2D eigenvalue weighted by atomic mass is 19.1. The van der Waals surface area contributed by atoms with Crippen LogP contribution in [0.1, 0.15) is 32.1 Å². The summed E-state index contributed by atoms with van der Waals surface area (Å²) in [4.78, 5) is 12.2. The van der Waals surface area contributed by atoms with Crippen LogP contribution >= 0.6 is 0 Å². The van der Waals surface area contributed by atoms with Gasteiger partial charge >= 0.3 is 0 Å². The number of ether oxygens (including phenoxy) is 1. The predicted molar refractivity (Wildman–Crippen MR) is 82.2 cm³/mol. The molecule has 1 amide bonds. The fourth-order valence-electron chi connectivity index (χ4n) is 3.54. The van der Waals surface area contributed by atoms with E-state index in [0.29, 0.717) is 30.9 Å². The molecule has 0 radical (unpaired) electrons. The van der Waals surface area contributed by atoms with Crippen LogP contribution in [-0.2, 0) is 4.79 Å². The molecule has 1 aromatic rings. The van der Waals surface area contributed by atoms with Gasteiger partial charge in [-0.15, -0.1) is 0 Å². The van der Waals surface area contributed by atoms with E-state index in [1.807, 2.05) is 0 Å². The SMILES string of the molecule is O=C(NCCOc1cccc(F)c1)C1CC2CCCCC2N1. The second-order valence-electron chi connectivity index (χ2n) is 6.20. The van der Waals surface area contributed by atoms with Gasteiger partial charge in [-0.1, -0.05) is 18.9 Å². The molecule has 120 valence electrons. The van der Waals surface area contributed by atoms with Crippen LogP contribution in [0, 0.1) is 11.7 Å². The maximum Gasteiger partial charge on any atom is 0.237 e. The Hall–Kier alpha value is -1.62. The van der Waals surface area contributed by atoms with Crippen LogP contribution in [-0.4, -0.2) is 31.1 Å². The molecule has 22 heavy (non-hydrogen) atoms. The minimum Gasteiger partial charge on any atom is -0.492 e. The molecule has 1 aliphatic carbocycles. The van der Waals surface area contributed by atoms with Crippen molar-refractivity contribution in [3.05, 3.63) is 30.1 Å². The molecule has 5 heteroatoms. The smallest absolute Gasteiger partial charge is 0.237 e. The lowest BCUT2D eigenvalue weighted by molar-refractivity contribution is -0.123. The Morgan fingerprint density at radius 2 is 2.23 bits per heavy atom. The van der Waals surface area contributed by atoms with E-state index in [4.69, 9.17) is 4.74 Å². The first-order chi connectivity index (χ1) is 10.7. The Morgan fingerprint density at radius 1 is 1.36 bits per heavy atom. The Balaban J connectivity index is 1.38. The normalized spacial score (nSPS) is 27.2. The molecule has 1 saturated carbocycles. The fraction of sp³-hybridized carbons (Fsp3) is 0.588. The summed E-state index contributed by atoms with van der Waals surface area (Å²) in [5.41, 5.74) is 0. The monoisotopic (exact) mass is 306 g/mol. The van der Waals surface area contributed by atoms with Gasteiger partial charge in [-0.2, -0.15) is 0 Å². The minimum absolute atomic E-state index is 0.0530. The molecule has 0 aromatic heterocycles. The highest BCUT2D eigenvalue weighted by Crippen LogP contribution is 2.33. The zero-order chi connectivity index (χ0) is 15.4. The van der Waals surface area contributed by atoms with E-state index < -0.39 is 0 Å². The summed E-state index contributed by atoms with van der Waals surface area (Å²) in [5.74, 6) is 0.879. The van der Waals surface area contributed by atoms with Gasteiger partial charge in [0.25, 0.3) is 0 Å². The van der Waals surface area contributed by atoms with Crippen LogP contribution in [0.3, 0.4) is 0 Å². The topological polar surface area (TPSA) is 50.4 Å². The van der Waals surface area contributed by atoms with Crippen LogP contribution in [0.5, 0.6) is 5.75 Å². The molecular weight excluding hydrogens is 283 g/mol. The zero-order valence-corrected chi connectivity index (χ0v) is 12.7. The number of hydrogen-bond acceptors (Lipinski definition) is 3. The van der Waals surface area contributed by atoms with Crippen LogP contribution in [0.25, 0.3) is 0 Å². The van der Waals surface area contributed by atoms with Crippen molar-refractivity contribution >= 4 is 5.91 Å². The summed E-state index contributed by atoms with van der Waals surface area (Å²) in [6.07, 6.45) is 5.94. The average Bonchev–Trinajstić information content (AvgIpc) is 2.95. The Bertz CT molecular complexity index is 509. The van der Waals surface area contributed by atoms with Crippen molar-refractivity contribution in [1.29, 1.82) is 0 Å². The summed E-state index contributed by atoms with van der Waals surface area (Å²) < 4.78 is 18.4. The lowest BCUT2D eigenvalue weighted by atomic mass is 9.85. The summed E-state index contributed by atoms with van der Waals surface area (Å²) in [6, 6.07) is 6.47. The molecule has 3 unspecified atom stereocenters. The second kappa shape index (κ2) is 7.09. The van der Waals surface area contributed by atoms with Gasteiger partial charge in [-0.25, -0.2) is 4.39 Å². The Morgan fingerprint density at radius 3 is 3.05 bits per heavy atom. The van der Waals surface area contributed by atoms with Crippen molar-refractivity contribution in [1.82, 2.24) is 10.6 Å². The lowest BCUT2D eigenvalue weighted by Gasteiger charge is -2.24. The Labute approximate surface area is 130 Å². The maximum atomic E-state index is 13.0. The van der Waals surface area contributed by atoms with E-state index in [-0.39, 0.29) is 17.8 Å². The second-order valence-corrected chi connectivity index (χ2v) is 6.20. The average molecular weight is 306 g/mol. The summed E-state index contributed by atoms with van der Waals surface area (Å²) in [5, 5.41) is 6.36. The molecule has 0 spiro atoms. The predicted octanol–water partition coefficient (Wildman–Crippen LogP) is 2.24. The van der Waals surface area contributed by atoms with Gasteiger partial charge in [-0.05, 0) is 37.3 Å². The first kappa shape index (κ1) is 15.3. The highest BCUT2D eigenvalue weighted by molar-refractivity contribution is 5.82. The van der Waals surface area contributed by atoms with Crippen molar-refractivity contribution < 1.29 is 13.9 Å². The molecule has 3 rings (SSSR count).